The lowest BCUT2D eigenvalue weighted by Crippen LogP contribution is -2.20. The van der Waals surface area contributed by atoms with Gasteiger partial charge >= 0.3 is 0 Å². The summed E-state index contributed by atoms with van der Waals surface area (Å²) < 4.78 is 11.5. The molecule has 176 valence electrons. The van der Waals surface area contributed by atoms with Crippen molar-refractivity contribution in [3.8, 4) is 11.5 Å². The summed E-state index contributed by atoms with van der Waals surface area (Å²) in [5.74, 6) is 2.86. The Hall–Kier alpha value is -3.17. The van der Waals surface area contributed by atoms with Crippen LogP contribution in [-0.4, -0.2) is 42.0 Å². The number of pyridine rings is 1. The molecular weight excluding hydrogens is 470 g/mol. The summed E-state index contributed by atoms with van der Waals surface area (Å²) in [5, 5.41) is 5.58. The van der Waals surface area contributed by atoms with Gasteiger partial charge in [-0.05, 0) is 59.9 Å². The number of nitrogens with zero attached hydrogens (tertiary/aromatic N) is 1. The first kappa shape index (κ1) is 24.0. The van der Waals surface area contributed by atoms with Crippen LogP contribution in [0.5, 0.6) is 11.5 Å². The molecule has 1 aromatic heterocycles. The lowest BCUT2D eigenvalue weighted by atomic mass is 10.2. The predicted octanol–water partition coefficient (Wildman–Crippen LogP) is 5.23. The van der Waals surface area contributed by atoms with Gasteiger partial charge in [-0.2, -0.15) is 0 Å². The van der Waals surface area contributed by atoms with Gasteiger partial charge in [-0.15, -0.1) is 23.5 Å². The highest BCUT2D eigenvalue weighted by molar-refractivity contribution is 8.16. The standard InChI is InChI=1S/C25H25N3O4S2/c1-31-22-14-19(7-10-21(22)28-24(30)18-4-2-11-26-15-18)27-23(29)16-32-20-8-5-17(6-9-20)25-33-12-3-13-34-25/h2,4-11,14-15,25H,3,12-13,16H2,1H3,(H,27,29)(H,28,30). The number of amides is 2. The molecule has 7 nitrogen and oxygen atoms in total. The molecular formula is C25H25N3O4S2. The number of thioether (sulfide) groups is 2. The normalized spacial score (nSPS) is 13.7. The Morgan fingerprint density at radius 3 is 2.56 bits per heavy atom. The van der Waals surface area contributed by atoms with Crippen LogP contribution in [-0.2, 0) is 4.79 Å². The highest BCUT2D eigenvalue weighted by atomic mass is 32.2. The van der Waals surface area contributed by atoms with Crippen LogP contribution in [0.15, 0.2) is 67.0 Å². The first-order valence-corrected chi connectivity index (χ1v) is 12.9. The summed E-state index contributed by atoms with van der Waals surface area (Å²) in [6.07, 6.45) is 4.35. The highest BCUT2D eigenvalue weighted by Crippen LogP contribution is 2.43. The SMILES string of the molecule is COc1cc(NC(=O)COc2ccc(C3SCCCS3)cc2)ccc1NC(=O)c1cccnc1. The molecule has 34 heavy (non-hydrogen) atoms. The van der Waals surface area contributed by atoms with E-state index in [1.54, 1.807) is 36.5 Å². The number of carbonyl (C=O) groups excluding carboxylic acids is 2. The minimum absolute atomic E-state index is 0.117. The van der Waals surface area contributed by atoms with Gasteiger partial charge < -0.3 is 20.1 Å². The second kappa shape index (κ2) is 11.8. The third-order valence-corrected chi connectivity index (χ3v) is 8.02. The van der Waals surface area contributed by atoms with E-state index in [4.69, 9.17) is 9.47 Å². The van der Waals surface area contributed by atoms with Crippen molar-refractivity contribution in [3.63, 3.8) is 0 Å². The van der Waals surface area contributed by atoms with E-state index < -0.39 is 0 Å². The van der Waals surface area contributed by atoms with Gasteiger partial charge in [0.1, 0.15) is 11.5 Å². The van der Waals surface area contributed by atoms with Gasteiger partial charge in [0.15, 0.2) is 6.61 Å². The number of hydrogen-bond donors (Lipinski definition) is 2. The molecule has 3 aromatic rings. The average Bonchev–Trinajstić information content (AvgIpc) is 2.89. The van der Waals surface area contributed by atoms with E-state index in [9.17, 15) is 9.59 Å². The fourth-order valence-electron chi connectivity index (χ4n) is 3.31. The molecule has 2 heterocycles. The van der Waals surface area contributed by atoms with E-state index in [-0.39, 0.29) is 18.4 Å². The van der Waals surface area contributed by atoms with E-state index >= 15 is 0 Å². The lowest BCUT2D eigenvalue weighted by molar-refractivity contribution is -0.118. The van der Waals surface area contributed by atoms with Gasteiger partial charge in [0.05, 0.1) is 22.9 Å². The van der Waals surface area contributed by atoms with E-state index in [0.717, 1.165) is 0 Å². The number of hydrogen-bond acceptors (Lipinski definition) is 7. The maximum Gasteiger partial charge on any atom is 0.262 e. The zero-order valence-electron chi connectivity index (χ0n) is 18.7. The molecule has 1 saturated heterocycles. The van der Waals surface area contributed by atoms with Gasteiger partial charge in [-0.25, -0.2) is 0 Å². The molecule has 0 saturated carbocycles. The molecule has 1 aliphatic heterocycles. The van der Waals surface area contributed by atoms with Crippen molar-refractivity contribution in [2.24, 2.45) is 0 Å². The molecule has 9 heteroatoms. The summed E-state index contributed by atoms with van der Waals surface area (Å²) in [6.45, 7) is -0.117. The van der Waals surface area contributed by atoms with E-state index in [1.807, 2.05) is 35.7 Å². The smallest absolute Gasteiger partial charge is 0.262 e. The molecule has 2 aromatic carbocycles. The Labute approximate surface area is 207 Å². The van der Waals surface area contributed by atoms with Crippen LogP contribution in [0.1, 0.15) is 26.9 Å². The van der Waals surface area contributed by atoms with Crippen LogP contribution in [0.2, 0.25) is 0 Å². The number of aromatic nitrogens is 1. The van der Waals surface area contributed by atoms with Gasteiger partial charge in [-0.3, -0.25) is 14.6 Å². The Kier molecular flexibility index (Phi) is 8.32. The summed E-state index contributed by atoms with van der Waals surface area (Å²) in [7, 11) is 1.50. The molecule has 0 radical (unpaired) electrons. The molecule has 0 atom stereocenters. The number of ether oxygens (including phenoxy) is 2. The Morgan fingerprint density at radius 2 is 1.85 bits per heavy atom. The molecule has 1 aliphatic rings. The number of rotatable bonds is 8. The van der Waals surface area contributed by atoms with Crippen LogP contribution in [0.4, 0.5) is 11.4 Å². The minimum atomic E-state index is -0.303. The Morgan fingerprint density at radius 1 is 1.06 bits per heavy atom. The first-order valence-electron chi connectivity index (χ1n) is 10.8. The number of nitrogens with one attached hydrogen (secondary N) is 2. The molecule has 0 spiro atoms. The van der Waals surface area contributed by atoms with Crippen LogP contribution in [0.25, 0.3) is 0 Å². The van der Waals surface area contributed by atoms with Gasteiger partial charge in [0, 0.05) is 24.1 Å². The van der Waals surface area contributed by atoms with E-state index in [1.165, 1.54) is 36.8 Å². The molecule has 0 aliphatic carbocycles. The summed E-state index contributed by atoms with van der Waals surface area (Å²) in [6, 6.07) is 16.3. The first-order chi connectivity index (χ1) is 16.6. The van der Waals surface area contributed by atoms with Crippen molar-refractivity contribution < 1.29 is 19.1 Å². The molecule has 2 N–H and O–H groups in total. The summed E-state index contributed by atoms with van der Waals surface area (Å²) >= 11 is 3.94. The lowest BCUT2D eigenvalue weighted by Gasteiger charge is -2.21. The number of benzene rings is 2. The maximum absolute atomic E-state index is 12.4. The number of methoxy groups -OCH3 is 1. The van der Waals surface area contributed by atoms with Crippen molar-refractivity contribution >= 4 is 46.7 Å². The quantitative estimate of drug-likeness (QED) is 0.442. The number of carbonyl (C=O) groups is 2. The van der Waals surface area contributed by atoms with Crippen LogP contribution >= 0.6 is 23.5 Å². The Bertz CT molecular complexity index is 1120. The van der Waals surface area contributed by atoms with Crippen molar-refractivity contribution in [3.05, 3.63) is 78.1 Å². The second-order valence-electron chi connectivity index (χ2n) is 7.44. The van der Waals surface area contributed by atoms with Crippen molar-refractivity contribution in [1.29, 1.82) is 0 Å². The fraction of sp³-hybridized carbons (Fsp3) is 0.240. The molecule has 4 rings (SSSR count). The second-order valence-corrected chi connectivity index (χ2v) is 10.2. The van der Waals surface area contributed by atoms with Crippen LogP contribution in [0.3, 0.4) is 0 Å². The molecule has 2 amide bonds. The topological polar surface area (TPSA) is 89.5 Å². The number of anilines is 2. The maximum atomic E-state index is 12.4. The van der Waals surface area contributed by atoms with Crippen molar-refractivity contribution in [2.45, 2.75) is 11.0 Å². The van der Waals surface area contributed by atoms with Gasteiger partial charge in [-0.1, -0.05) is 12.1 Å². The van der Waals surface area contributed by atoms with E-state index in [2.05, 4.69) is 27.8 Å². The minimum Gasteiger partial charge on any atom is -0.494 e. The van der Waals surface area contributed by atoms with Crippen molar-refractivity contribution in [1.82, 2.24) is 4.98 Å². The zero-order chi connectivity index (χ0) is 23.8. The summed E-state index contributed by atoms with van der Waals surface area (Å²) in [5.41, 5.74) is 2.73. The highest BCUT2D eigenvalue weighted by Gasteiger charge is 2.16. The van der Waals surface area contributed by atoms with E-state index in [0.29, 0.717) is 33.0 Å². The fourth-order valence-corrected chi connectivity index (χ4v) is 6.21. The molecule has 1 fully saturated rings. The average molecular weight is 496 g/mol. The predicted molar refractivity (Wildman–Crippen MR) is 138 cm³/mol. The monoisotopic (exact) mass is 495 g/mol. The summed E-state index contributed by atoms with van der Waals surface area (Å²) in [4.78, 5) is 28.7. The third-order valence-electron chi connectivity index (χ3n) is 5.01. The van der Waals surface area contributed by atoms with Crippen molar-refractivity contribution in [2.75, 3.05) is 35.9 Å². The largest absolute Gasteiger partial charge is 0.494 e. The van der Waals surface area contributed by atoms with Crippen LogP contribution in [0, 0.1) is 0 Å². The van der Waals surface area contributed by atoms with Gasteiger partial charge in [0.2, 0.25) is 0 Å². The van der Waals surface area contributed by atoms with Crippen LogP contribution < -0.4 is 20.1 Å². The molecule has 0 bridgehead atoms. The molecule has 0 unspecified atom stereocenters. The third kappa shape index (κ3) is 6.45. The van der Waals surface area contributed by atoms with Gasteiger partial charge in [0.25, 0.3) is 11.8 Å². The Balaban J connectivity index is 1.30. The zero-order valence-corrected chi connectivity index (χ0v) is 20.3.